The van der Waals surface area contributed by atoms with Crippen molar-refractivity contribution < 1.29 is 5.48 Å². The summed E-state index contributed by atoms with van der Waals surface area (Å²) in [6.07, 6.45) is 8.00. The van der Waals surface area contributed by atoms with Crippen molar-refractivity contribution in [2.24, 2.45) is 0 Å². The molecular formula is C2H6OPb. The van der Waals surface area contributed by atoms with E-state index in [2.05, 4.69) is 12.8 Å². The van der Waals surface area contributed by atoms with Crippen LogP contribution in [0.3, 0.4) is 0 Å². The Morgan fingerprint density at radius 3 is 1.00 bits per heavy atom. The molecular weight excluding hydrogens is 247 g/mol. The Balaban J connectivity index is -0.00000000500. The second kappa shape index (κ2) is 105. The molecule has 0 amide bonds. The van der Waals surface area contributed by atoms with Crippen molar-refractivity contribution in [1.29, 1.82) is 0 Å². The number of hydrogen-bond acceptors (Lipinski definition) is 0. The van der Waals surface area contributed by atoms with Crippen LogP contribution in [0.15, 0.2) is 0 Å². The number of rotatable bonds is 0. The molecule has 1 nitrogen and oxygen atoms in total. The molecule has 2 N–H and O–H groups in total. The number of terminal acetylenes is 1. The van der Waals surface area contributed by atoms with Gasteiger partial charge in [-0.15, -0.1) is 12.8 Å². The first-order valence-corrected chi connectivity index (χ1v) is 0.333. The van der Waals surface area contributed by atoms with Gasteiger partial charge in [-0.05, 0) is 0 Å². The van der Waals surface area contributed by atoms with E-state index in [0.717, 1.165) is 0 Å². The summed E-state index contributed by atoms with van der Waals surface area (Å²) in [7, 11) is 0. The minimum atomic E-state index is 0. The van der Waals surface area contributed by atoms with Gasteiger partial charge in [-0.25, -0.2) is 0 Å². The Bertz CT molecular complexity index is 10.8. The number of hydrogen-bond donors (Lipinski definition) is 0. The van der Waals surface area contributed by atoms with E-state index in [1.165, 1.54) is 0 Å². The van der Waals surface area contributed by atoms with Gasteiger partial charge in [-0.2, -0.15) is 0 Å². The van der Waals surface area contributed by atoms with E-state index < -0.39 is 0 Å². The molecule has 0 bridgehead atoms. The summed E-state index contributed by atoms with van der Waals surface area (Å²) in [5.41, 5.74) is 0. The van der Waals surface area contributed by atoms with Gasteiger partial charge in [0.25, 0.3) is 0 Å². The third-order valence-electron chi connectivity index (χ3n) is 0. The molecule has 2 radical (unpaired) electrons. The van der Waals surface area contributed by atoms with Crippen molar-refractivity contribution >= 4 is 27.3 Å². The molecule has 0 atom stereocenters. The van der Waals surface area contributed by atoms with Crippen molar-refractivity contribution in [3.63, 3.8) is 0 Å². The van der Waals surface area contributed by atoms with Crippen molar-refractivity contribution in [3.05, 3.63) is 0 Å². The van der Waals surface area contributed by atoms with Gasteiger partial charge < -0.3 is 5.48 Å². The zero-order chi connectivity index (χ0) is 2.00. The molecule has 4 heavy (non-hydrogen) atoms. The molecule has 0 saturated heterocycles. The van der Waals surface area contributed by atoms with Crippen LogP contribution in [-0.4, -0.2) is 32.8 Å². The van der Waals surface area contributed by atoms with E-state index in [1.54, 1.807) is 0 Å². The van der Waals surface area contributed by atoms with E-state index in [1.807, 2.05) is 0 Å². The quantitative estimate of drug-likeness (QED) is 0.372. The van der Waals surface area contributed by atoms with Crippen LogP contribution in [0.4, 0.5) is 0 Å². The monoisotopic (exact) mass is 254 g/mol. The predicted octanol–water partition coefficient (Wildman–Crippen LogP) is -1.49. The average Bonchev–Trinajstić information content (AvgIpc) is 1.00. The van der Waals surface area contributed by atoms with Gasteiger partial charge in [0, 0.05) is 0 Å². The average molecular weight is 253 g/mol. The normalized spacial score (nSPS) is 0.500. The van der Waals surface area contributed by atoms with Gasteiger partial charge >= 0.3 is 27.3 Å². The maximum atomic E-state index is 4.00. The summed E-state index contributed by atoms with van der Waals surface area (Å²) in [5.74, 6) is 0. The fourth-order valence-electron chi connectivity index (χ4n) is 0. The van der Waals surface area contributed by atoms with Gasteiger partial charge in [0.2, 0.25) is 0 Å². The maximum absolute atomic E-state index is 4.00. The third-order valence-corrected chi connectivity index (χ3v) is 0. The fraction of sp³-hybridized carbons (Fsp3) is 0. The van der Waals surface area contributed by atoms with Crippen LogP contribution < -0.4 is 0 Å². The molecule has 0 fully saturated rings. The SMILES string of the molecule is C#C.O.[PbH2]. The Labute approximate surface area is 45.9 Å². The minimum absolute atomic E-state index is 0. The molecule has 0 spiro atoms. The van der Waals surface area contributed by atoms with Crippen LogP contribution in [0.2, 0.25) is 0 Å². The predicted molar refractivity (Wildman–Crippen MR) is 22.0 cm³/mol. The second-order valence-electron chi connectivity index (χ2n) is 0. The van der Waals surface area contributed by atoms with Crippen molar-refractivity contribution in [2.75, 3.05) is 0 Å². The second-order valence-corrected chi connectivity index (χ2v) is 0. The first-order chi connectivity index (χ1) is 1.00. The van der Waals surface area contributed by atoms with E-state index in [9.17, 15) is 0 Å². The molecule has 0 aliphatic rings. The van der Waals surface area contributed by atoms with Crippen LogP contribution in [0.25, 0.3) is 0 Å². The first-order valence-electron chi connectivity index (χ1n) is 0.333. The molecule has 0 aromatic carbocycles. The molecule has 0 aliphatic heterocycles. The van der Waals surface area contributed by atoms with Crippen LogP contribution in [0.5, 0.6) is 0 Å². The zero-order valence-corrected chi connectivity index (χ0v) is 7.86. The summed E-state index contributed by atoms with van der Waals surface area (Å²) in [4.78, 5) is 0. The summed E-state index contributed by atoms with van der Waals surface area (Å²) < 4.78 is 0. The van der Waals surface area contributed by atoms with Crippen molar-refractivity contribution in [1.82, 2.24) is 0 Å². The van der Waals surface area contributed by atoms with Crippen LogP contribution in [0, 0.1) is 12.8 Å². The third kappa shape index (κ3) is 26.0. The van der Waals surface area contributed by atoms with Crippen molar-refractivity contribution in [2.45, 2.75) is 0 Å². The Kier molecular flexibility index (Phi) is 665. The van der Waals surface area contributed by atoms with Crippen LogP contribution >= 0.6 is 0 Å². The molecule has 2 heteroatoms. The Hall–Kier alpha value is 0.442. The van der Waals surface area contributed by atoms with Crippen LogP contribution in [-0.2, 0) is 0 Å². The molecule has 0 aliphatic carbocycles. The fourth-order valence-corrected chi connectivity index (χ4v) is 0. The first kappa shape index (κ1) is 25.3. The van der Waals surface area contributed by atoms with Gasteiger partial charge in [0.05, 0.1) is 0 Å². The molecule has 0 heterocycles. The Morgan fingerprint density at radius 1 is 1.00 bits per heavy atom. The van der Waals surface area contributed by atoms with Crippen molar-refractivity contribution in [3.8, 4) is 12.8 Å². The molecule has 0 aromatic rings. The molecule has 24 valence electrons. The summed E-state index contributed by atoms with van der Waals surface area (Å²) >= 11 is 0. The zero-order valence-electron chi connectivity index (χ0n) is 2.36. The Morgan fingerprint density at radius 2 is 1.00 bits per heavy atom. The van der Waals surface area contributed by atoms with E-state index >= 15 is 0 Å². The summed E-state index contributed by atoms with van der Waals surface area (Å²) in [5, 5.41) is 0. The molecule has 0 aromatic heterocycles. The molecule has 0 unspecified atom stereocenters. The topological polar surface area (TPSA) is 31.5 Å². The van der Waals surface area contributed by atoms with Crippen LogP contribution in [0.1, 0.15) is 0 Å². The van der Waals surface area contributed by atoms with Gasteiger partial charge in [0.1, 0.15) is 0 Å². The van der Waals surface area contributed by atoms with E-state index in [-0.39, 0.29) is 32.8 Å². The van der Waals surface area contributed by atoms with Gasteiger partial charge in [-0.1, -0.05) is 0 Å². The van der Waals surface area contributed by atoms with Gasteiger partial charge in [-0.3, -0.25) is 0 Å². The van der Waals surface area contributed by atoms with E-state index in [4.69, 9.17) is 0 Å². The summed E-state index contributed by atoms with van der Waals surface area (Å²) in [6.45, 7) is 0. The molecule has 0 rings (SSSR count). The van der Waals surface area contributed by atoms with Gasteiger partial charge in [0.15, 0.2) is 0 Å². The standard InChI is InChI=1S/C2H2.H2O.Pb.2H/c1-2;;;;/h1-2H;1H2;;;. The summed E-state index contributed by atoms with van der Waals surface area (Å²) in [6, 6.07) is 0. The van der Waals surface area contributed by atoms with E-state index in [0.29, 0.717) is 0 Å². The molecule has 0 saturated carbocycles.